The number of para-hydroxylation sites is 1. The second-order valence-electron chi connectivity index (χ2n) is 6.21. The minimum Gasteiger partial charge on any atom is -0.469 e. The Morgan fingerprint density at radius 3 is 2.65 bits per heavy atom. The fourth-order valence-corrected chi connectivity index (χ4v) is 3.24. The van der Waals surface area contributed by atoms with Gasteiger partial charge in [-0.25, -0.2) is 0 Å². The minimum atomic E-state index is -0.299. The van der Waals surface area contributed by atoms with Gasteiger partial charge >= 0.3 is 5.97 Å². The van der Waals surface area contributed by atoms with Crippen LogP contribution in [0.3, 0.4) is 0 Å². The lowest BCUT2D eigenvalue weighted by Crippen LogP contribution is -2.30. The average Bonchev–Trinajstić information content (AvgIpc) is 2.99. The summed E-state index contributed by atoms with van der Waals surface area (Å²) in [6.07, 6.45) is 0.225. The number of anilines is 2. The second-order valence-corrected chi connectivity index (χ2v) is 6.21. The van der Waals surface area contributed by atoms with Gasteiger partial charge in [0.25, 0.3) is 5.91 Å². The summed E-state index contributed by atoms with van der Waals surface area (Å²) in [7, 11) is 1.36. The van der Waals surface area contributed by atoms with Crippen molar-refractivity contribution in [3.05, 3.63) is 59.7 Å². The highest BCUT2D eigenvalue weighted by atomic mass is 16.5. The van der Waals surface area contributed by atoms with Crippen molar-refractivity contribution in [3.8, 4) is 0 Å². The van der Waals surface area contributed by atoms with Crippen LogP contribution in [0.1, 0.15) is 35.2 Å². The van der Waals surface area contributed by atoms with Crippen molar-refractivity contribution in [2.24, 2.45) is 0 Å². The molecule has 26 heavy (non-hydrogen) atoms. The monoisotopic (exact) mass is 352 g/mol. The number of esters is 1. The van der Waals surface area contributed by atoms with E-state index >= 15 is 0 Å². The predicted octanol–water partition coefficient (Wildman–Crippen LogP) is 2.95. The van der Waals surface area contributed by atoms with Crippen molar-refractivity contribution < 1.29 is 19.1 Å². The number of methoxy groups -OCH3 is 1. The summed E-state index contributed by atoms with van der Waals surface area (Å²) in [5, 5.41) is 2.68. The summed E-state index contributed by atoms with van der Waals surface area (Å²) in [4.78, 5) is 37.7. The molecule has 1 atom stereocenters. The molecule has 0 spiro atoms. The smallest absolute Gasteiger partial charge is 0.306 e. The molecule has 1 unspecified atom stereocenters. The largest absolute Gasteiger partial charge is 0.469 e. The van der Waals surface area contributed by atoms with Gasteiger partial charge in [-0.15, -0.1) is 0 Å². The van der Waals surface area contributed by atoms with Gasteiger partial charge in [-0.1, -0.05) is 24.3 Å². The second kappa shape index (κ2) is 7.39. The Balaban J connectivity index is 1.88. The Hall–Kier alpha value is -3.15. The van der Waals surface area contributed by atoms with Gasteiger partial charge in [-0.2, -0.15) is 0 Å². The first-order valence-electron chi connectivity index (χ1n) is 8.35. The fourth-order valence-electron chi connectivity index (χ4n) is 3.24. The molecule has 0 saturated heterocycles. The van der Waals surface area contributed by atoms with Crippen molar-refractivity contribution in [2.45, 2.75) is 19.3 Å². The molecule has 0 aliphatic carbocycles. The Morgan fingerprint density at radius 2 is 1.92 bits per heavy atom. The molecule has 0 aromatic heterocycles. The van der Waals surface area contributed by atoms with Crippen molar-refractivity contribution >= 4 is 29.2 Å². The van der Waals surface area contributed by atoms with Crippen LogP contribution in [-0.4, -0.2) is 31.4 Å². The minimum absolute atomic E-state index is 0.0962. The molecule has 0 saturated carbocycles. The van der Waals surface area contributed by atoms with Gasteiger partial charge in [0.05, 0.1) is 13.5 Å². The SMILES string of the molecule is COC(=O)CC1CN(C(=O)c2cccc(NC(C)=O)c2)c2ccccc21. The van der Waals surface area contributed by atoms with Crippen LogP contribution in [0, 0.1) is 0 Å². The summed E-state index contributed by atoms with van der Waals surface area (Å²) in [5.41, 5.74) is 2.81. The topological polar surface area (TPSA) is 75.7 Å². The average molecular weight is 352 g/mol. The molecule has 2 aromatic carbocycles. The van der Waals surface area contributed by atoms with Crippen LogP contribution in [0.4, 0.5) is 11.4 Å². The molecule has 3 rings (SSSR count). The van der Waals surface area contributed by atoms with E-state index in [0.29, 0.717) is 17.8 Å². The van der Waals surface area contributed by atoms with Crippen LogP contribution in [0.5, 0.6) is 0 Å². The maximum Gasteiger partial charge on any atom is 0.306 e. The Labute approximate surface area is 151 Å². The Bertz CT molecular complexity index is 862. The summed E-state index contributed by atoms with van der Waals surface area (Å²) < 4.78 is 4.78. The van der Waals surface area contributed by atoms with Crippen LogP contribution in [0.25, 0.3) is 0 Å². The highest BCUT2D eigenvalue weighted by Gasteiger charge is 2.34. The van der Waals surface area contributed by atoms with Crippen molar-refractivity contribution in [1.82, 2.24) is 0 Å². The summed E-state index contributed by atoms with van der Waals surface area (Å²) >= 11 is 0. The molecule has 1 aliphatic heterocycles. The van der Waals surface area contributed by atoms with E-state index in [9.17, 15) is 14.4 Å². The normalized spacial score (nSPS) is 15.3. The number of fused-ring (bicyclic) bond motifs is 1. The first kappa shape index (κ1) is 17.7. The zero-order chi connectivity index (χ0) is 18.7. The van der Waals surface area contributed by atoms with Gasteiger partial charge in [-0.05, 0) is 29.8 Å². The summed E-state index contributed by atoms with van der Waals surface area (Å²) in [5.74, 6) is -0.760. The van der Waals surface area contributed by atoms with Crippen molar-refractivity contribution in [3.63, 3.8) is 0 Å². The van der Waals surface area contributed by atoms with Crippen molar-refractivity contribution in [2.75, 3.05) is 23.9 Å². The quantitative estimate of drug-likeness (QED) is 0.859. The van der Waals surface area contributed by atoms with E-state index < -0.39 is 0 Å². The molecule has 6 nitrogen and oxygen atoms in total. The molecule has 6 heteroatoms. The summed E-state index contributed by atoms with van der Waals surface area (Å²) in [6.45, 7) is 1.83. The van der Waals surface area contributed by atoms with Gasteiger partial charge in [0.15, 0.2) is 0 Å². The van der Waals surface area contributed by atoms with E-state index in [-0.39, 0.29) is 30.1 Å². The molecule has 1 N–H and O–H groups in total. The van der Waals surface area contributed by atoms with Gasteiger partial charge in [-0.3, -0.25) is 14.4 Å². The maximum absolute atomic E-state index is 13.0. The van der Waals surface area contributed by atoms with Gasteiger partial charge in [0.1, 0.15) is 0 Å². The van der Waals surface area contributed by atoms with Crippen LogP contribution in [0.15, 0.2) is 48.5 Å². The predicted molar refractivity (Wildman–Crippen MR) is 98.2 cm³/mol. The number of nitrogens with zero attached hydrogens (tertiary/aromatic N) is 1. The highest BCUT2D eigenvalue weighted by Crippen LogP contribution is 2.39. The number of hydrogen-bond donors (Lipinski definition) is 1. The van der Waals surface area contributed by atoms with E-state index in [1.54, 1.807) is 29.2 Å². The number of carbonyl (C=O) groups is 3. The van der Waals surface area contributed by atoms with E-state index in [0.717, 1.165) is 11.3 Å². The number of nitrogens with one attached hydrogen (secondary N) is 1. The number of rotatable bonds is 4. The zero-order valence-corrected chi connectivity index (χ0v) is 14.7. The Morgan fingerprint density at radius 1 is 1.15 bits per heavy atom. The molecule has 0 fully saturated rings. The molecule has 2 amide bonds. The highest BCUT2D eigenvalue weighted by molar-refractivity contribution is 6.08. The lowest BCUT2D eigenvalue weighted by Gasteiger charge is -2.18. The standard InChI is InChI=1S/C20H20N2O4/c1-13(23)21-16-7-5-6-14(10-16)20(25)22-12-15(11-19(24)26-2)17-8-3-4-9-18(17)22/h3-10,15H,11-12H2,1-2H3,(H,21,23). The van der Waals surface area contributed by atoms with Crippen molar-refractivity contribution in [1.29, 1.82) is 0 Å². The zero-order valence-electron chi connectivity index (χ0n) is 14.7. The third kappa shape index (κ3) is 3.59. The van der Waals surface area contributed by atoms with Crippen LogP contribution in [0.2, 0.25) is 0 Å². The van der Waals surface area contributed by atoms with Gasteiger partial charge in [0.2, 0.25) is 5.91 Å². The number of ether oxygens (including phenoxy) is 1. The molecule has 134 valence electrons. The molecular weight excluding hydrogens is 332 g/mol. The maximum atomic E-state index is 13.0. The lowest BCUT2D eigenvalue weighted by molar-refractivity contribution is -0.141. The lowest BCUT2D eigenvalue weighted by atomic mass is 9.98. The summed E-state index contributed by atoms with van der Waals surface area (Å²) in [6, 6.07) is 14.4. The van der Waals surface area contributed by atoms with Crippen LogP contribution >= 0.6 is 0 Å². The van der Waals surface area contributed by atoms with Crippen LogP contribution < -0.4 is 10.2 Å². The number of amides is 2. The van der Waals surface area contributed by atoms with E-state index in [1.807, 2.05) is 24.3 Å². The van der Waals surface area contributed by atoms with E-state index in [4.69, 9.17) is 4.74 Å². The number of carbonyl (C=O) groups excluding carboxylic acids is 3. The molecule has 2 aromatic rings. The molecule has 0 radical (unpaired) electrons. The third-order valence-corrected chi connectivity index (χ3v) is 4.39. The van der Waals surface area contributed by atoms with E-state index in [1.165, 1.54) is 14.0 Å². The first-order valence-corrected chi connectivity index (χ1v) is 8.35. The first-order chi connectivity index (χ1) is 12.5. The van der Waals surface area contributed by atoms with Crippen LogP contribution in [-0.2, 0) is 14.3 Å². The molecule has 0 bridgehead atoms. The molecule has 1 heterocycles. The van der Waals surface area contributed by atoms with E-state index in [2.05, 4.69) is 5.32 Å². The fraction of sp³-hybridized carbons (Fsp3) is 0.250. The Kier molecular flexibility index (Phi) is 5.02. The van der Waals surface area contributed by atoms with Gasteiger partial charge < -0.3 is 15.0 Å². The number of benzene rings is 2. The third-order valence-electron chi connectivity index (χ3n) is 4.39. The molecular formula is C20H20N2O4. The van der Waals surface area contributed by atoms with Gasteiger partial charge in [0, 0.05) is 36.3 Å². The molecule has 1 aliphatic rings. The number of hydrogen-bond acceptors (Lipinski definition) is 4.